The van der Waals surface area contributed by atoms with Crippen molar-refractivity contribution in [2.45, 2.75) is 32.8 Å². The van der Waals surface area contributed by atoms with Crippen LogP contribution in [-0.4, -0.2) is 54.1 Å². The van der Waals surface area contributed by atoms with Gasteiger partial charge in [-0.3, -0.25) is 4.79 Å². The first-order chi connectivity index (χ1) is 11.6. The van der Waals surface area contributed by atoms with Gasteiger partial charge in [0.15, 0.2) is 0 Å². The molecule has 1 aliphatic rings. The van der Waals surface area contributed by atoms with E-state index in [1.165, 1.54) is 17.0 Å². The number of amides is 2. The van der Waals surface area contributed by atoms with Crippen LogP contribution in [0.5, 0.6) is 0 Å². The van der Waals surface area contributed by atoms with Crippen LogP contribution in [-0.2, 0) is 4.74 Å². The molecule has 0 saturated carbocycles. The third-order valence-corrected chi connectivity index (χ3v) is 4.47. The van der Waals surface area contributed by atoms with Gasteiger partial charge in [-0.2, -0.15) is 0 Å². The Balaban J connectivity index is 1.92. The number of hydrogen-bond acceptors (Lipinski definition) is 3. The Hall–Kier alpha value is -1.63. The molecule has 2 rings (SSSR count). The summed E-state index contributed by atoms with van der Waals surface area (Å²) in [6.07, 6.45) is 0.461. The highest BCUT2D eigenvalue weighted by Gasteiger charge is 2.31. The highest BCUT2D eigenvalue weighted by molar-refractivity contribution is 9.10. The minimum Gasteiger partial charge on any atom is -0.444 e. The van der Waals surface area contributed by atoms with E-state index in [1.807, 2.05) is 20.8 Å². The van der Waals surface area contributed by atoms with Crippen molar-refractivity contribution >= 4 is 27.9 Å². The zero-order chi connectivity index (χ0) is 18.8. The maximum Gasteiger partial charge on any atom is 0.410 e. The molecule has 1 aromatic carbocycles. The van der Waals surface area contributed by atoms with Crippen LogP contribution >= 0.6 is 15.9 Å². The molecular formula is C18H24BrFN2O3. The number of benzene rings is 1. The van der Waals surface area contributed by atoms with Crippen molar-refractivity contribution in [3.05, 3.63) is 34.1 Å². The third kappa shape index (κ3) is 5.42. The fourth-order valence-electron chi connectivity index (χ4n) is 2.81. The molecule has 0 N–H and O–H groups in total. The van der Waals surface area contributed by atoms with Crippen LogP contribution in [0, 0.1) is 11.7 Å². The Kier molecular flexibility index (Phi) is 6.08. The van der Waals surface area contributed by atoms with E-state index in [0.29, 0.717) is 24.1 Å². The van der Waals surface area contributed by atoms with Crippen molar-refractivity contribution in [2.75, 3.05) is 26.7 Å². The molecule has 1 fully saturated rings. The minimum atomic E-state index is -0.548. The fraction of sp³-hybridized carbons (Fsp3) is 0.556. The van der Waals surface area contributed by atoms with Crippen LogP contribution in [0.2, 0.25) is 0 Å². The smallest absolute Gasteiger partial charge is 0.410 e. The van der Waals surface area contributed by atoms with Gasteiger partial charge in [0.1, 0.15) is 11.4 Å². The number of rotatable bonds is 3. The summed E-state index contributed by atoms with van der Waals surface area (Å²) in [4.78, 5) is 27.7. The van der Waals surface area contributed by atoms with Crippen LogP contribution < -0.4 is 0 Å². The third-order valence-electron chi connectivity index (χ3n) is 3.98. The number of carbonyl (C=O) groups is 2. The van der Waals surface area contributed by atoms with Crippen LogP contribution in [0.1, 0.15) is 37.6 Å². The predicted molar refractivity (Wildman–Crippen MR) is 97.0 cm³/mol. The van der Waals surface area contributed by atoms with E-state index in [-0.39, 0.29) is 23.5 Å². The van der Waals surface area contributed by atoms with Crippen LogP contribution in [0.25, 0.3) is 0 Å². The van der Waals surface area contributed by atoms with Crippen LogP contribution in [0.15, 0.2) is 22.7 Å². The van der Waals surface area contributed by atoms with Gasteiger partial charge in [0.05, 0.1) is 5.56 Å². The second-order valence-electron chi connectivity index (χ2n) is 7.39. The topological polar surface area (TPSA) is 49.9 Å². The number of ether oxygens (including phenoxy) is 1. The summed E-state index contributed by atoms with van der Waals surface area (Å²) in [5, 5.41) is 0. The Morgan fingerprint density at radius 3 is 2.68 bits per heavy atom. The summed E-state index contributed by atoms with van der Waals surface area (Å²) in [6, 6.07) is 4.39. The molecule has 2 amide bonds. The number of hydrogen-bond donors (Lipinski definition) is 0. The second kappa shape index (κ2) is 7.72. The van der Waals surface area contributed by atoms with E-state index in [9.17, 15) is 14.0 Å². The summed E-state index contributed by atoms with van der Waals surface area (Å²) in [5.41, 5.74) is -0.478. The van der Waals surface area contributed by atoms with E-state index in [2.05, 4.69) is 15.9 Å². The SMILES string of the molecule is CN(C[C@@H]1CCN(C(=O)OC(C)(C)C)C1)C(=O)c1ccc(Br)cc1F. The van der Waals surface area contributed by atoms with Gasteiger partial charge in [-0.1, -0.05) is 15.9 Å². The Morgan fingerprint density at radius 1 is 1.40 bits per heavy atom. The second-order valence-corrected chi connectivity index (χ2v) is 8.31. The lowest BCUT2D eigenvalue weighted by atomic mass is 10.1. The molecule has 1 saturated heterocycles. The maximum absolute atomic E-state index is 14.0. The highest BCUT2D eigenvalue weighted by atomic mass is 79.9. The fourth-order valence-corrected chi connectivity index (χ4v) is 3.15. The molecule has 1 aliphatic heterocycles. The number of likely N-dealkylation sites (tertiary alicyclic amines) is 1. The maximum atomic E-state index is 14.0. The van der Waals surface area contributed by atoms with E-state index in [4.69, 9.17) is 4.74 Å². The summed E-state index contributed by atoms with van der Waals surface area (Å²) in [7, 11) is 1.65. The lowest BCUT2D eigenvalue weighted by Crippen LogP contribution is -2.37. The quantitative estimate of drug-likeness (QED) is 0.752. The van der Waals surface area contributed by atoms with E-state index in [1.54, 1.807) is 18.0 Å². The molecule has 0 radical (unpaired) electrons. The lowest BCUT2D eigenvalue weighted by Gasteiger charge is -2.25. The molecule has 1 aromatic rings. The van der Waals surface area contributed by atoms with E-state index < -0.39 is 11.4 Å². The van der Waals surface area contributed by atoms with Gasteiger partial charge in [-0.05, 0) is 51.3 Å². The molecule has 5 nitrogen and oxygen atoms in total. The van der Waals surface area contributed by atoms with Gasteiger partial charge < -0.3 is 14.5 Å². The van der Waals surface area contributed by atoms with E-state index in [0.717, 1.165) is 6.42 Å². The first kappa shape index (κ1) is 19.7. The molecule has 1 atom stereocenters. The van der Waals surface area contributed by atoms with Gasteiger partial charge in [-0.15, -0.1) is 0 Å². The zero-order valence-corrected chi connectivity index (χ0v) is 16.6. The largest absolute Gasteiger partial charge is 0.444 e. The van der Waals surface area contributed by atoms with Gasteiger partial charge >= 0.3 is 6.09 Å². The Morgan fingerprint density at radius 2 is 2.08 bits per heavy atom. The van der Waals surface area contributed by atoms with Gasteiger partial charge in [-0.25, -0.2) is 9.18 Å². The average molecular weight is 415 g/mol. The number of nitrogens with zero attached hydrogens (tertiary/aromatic N) is 2. The summed E-state index contributed by atoms with van der Waals surface area (Å²) in [6.45, 7) is 7.10. The molecular weight excluding hydrogens is 391 g/mol. The zero-order valence-electron chi connectivity index (χ0n) is 15.0. The van der Waals surface area contributed by atoms with Gasteiger partial charge in [0, 0.05) is 31.2 Å². The summed E-state index contributed by atoms with van der Waals surface area (Å²) < 4.78 is 19.9. The molecule has 0 aromatic heterocycles. The Labute approximate surface area is 156 Å². The predicted octanol–water partition coefficient (Wildman–Crippen LogP) is 3.92. The normalized spacial score (nSPS) is 17.5. The molecule has 138 valence electrons. The molecule has 7 heteroatoms. The minimum absolute atomic E-state index is 0.0488. The molecule has 0 unspecified atom stereocenters. The standard InChI is InChI=1S/C18H24BrFN2O3/c1-18(2,3)25-17(24)22-8-7-12(11-22)10-21(4)16(23)14-6-5-13(19)9-15(14)20/h5-6,9,12H,7-8,10-11H2,1-4H3/t12-/m0/s1. The average Bonchev–Trinajstić information content (AvgIpc) is 2.93. The van der Waals surface area contributed by atoms with Crippen molar-refractivity contribution in [3.8, 4) is 0 Å². The van der Waals surface area contributed by atoms with Crippen molar-refractivity contribution < 1.29 is 18.7 Å². The van der Waals surface area contributed by atoms with Gasteiger partial charge in [0.2, 0.25) is 0 Å². The van der Waals surface area contributed by atoms with Crippen molar-refractivity contribution in [2.24, 2.45) is 5.92 Å². The monoisotopic (exact) mass is 414 g/mol. The van der Waals surface area contributed by atoms with Crippen molar-refractivity contribution in [1.29, 1.82) is 0 Å². The lowest BCUT2D eigenvalue weighted by molar-refractivity contribution is 0.0286. The summed E-state index contributed by atoms with van der Waals surface area (Å²) in [5.74, 6) is -0.756. The number of carbonyl (C=O) groups excluding carboxylic acids is 2. The van der Waals surface area contributed by atoms with Crippen LogP contribution in [0.4, 0.5) is 9.18 Å². The highest BCUT2D eigenvalue weighted by Crippen LogP contribution is 2.22. The molecule has 25 heavy (non-hydrogen) atoms. The van der Waals surface area contributed by atoms with Crippen molar-refractivity contribution in [3.63, 3.8) is 0 Å². The van der Waals surface area contributed by atoms with Crippen molar-refractivity contribution in [1.82, 2.24) is 9.80 Å². The van der Waals surface area contributed by atoms with E-state index >= 15 is 0 Å². The van der Waals surface area contributed by atoms with Gasteiger partial charge in [0.25, 0.3) is 5.91 Å². The number of halogens is 2. The first-order valence-corrected chi connectivity index (χ1v) is 9.04. The molecule has 0 aliphatic carbocycles. The summed E-state index contributed by atoms with van der Waals surface area (Å²) >= 11 is 3.18. The first-order valence-electron chi connectivity index (χ1n) is 8.25. The van der Waals surface area contributed by atoms with Crippen LogP contribution in [0.3, 0.4) is 0 Å². The Bertz CT molecular complexity index is 660. The molecule has 0 spiro atoms. The molecule has 1 heterocycles. The molecule has 0 bridgehead atoms.